The fourth-order valence-corrected chi connectivity index (χ4v) is 3.92. The summed E-state index contributed by atoms with van der Waals surface area (Å²) >= 11 is 1.46. The van der Waals surface area contributed by atoms with Crippen molar-refractivity contribution in [1.29, 1.82) is 0 Å². The first-order valence-corrected chi connectivity index (χ1v) is 9.78. The van der Waals surface area contributed by atoms with Gasteiger partial charge in [0.15, 0.2) is 5.16 Å². The van der Waals surface area contributed by atoms with Crippen LogP contribution in [-0.4, -0.2) is 64.3 Å². The summed E-state index contributed by atoms with van der Waals surface area (Å²) in [5.74, 6) is 0.520. The second kappa shape index (κ2) is 8.80. The van der Waals surface area contributed by atoms with Gasteiger partial charge in [0.2, 0.25) is 0 Å². The Balaban J connectivity index is 1.73. The molecule has 136 valence electrons. The third kappa shape index (κ3) is 4.61. The predicted octanol–water partition coefficient (Wildman–Crippen LogP) is 1.59. The minimum absolute atomic E-state index is 0.00220. The molecule has 2 heterocycles. The lowest BCUT2D eigenvalue weighted by Crippen LogP contribution is -2.41. The molecule has 1 N–H and O–H groups in total. The molecular formula is C18H25N3O3S. The SMILES string of the molecule is CCCn1c(SC[C@@H](O)CN2CCOCC2)nc2ccccc2c1=O. The monoisotopic (exact) mass is 363 g/mol. The number of aromatic nitrogens is 2. The Morgan fingerprint density at radius 2 is 2.08 bits per heavy atom. The number of aliphatic hydroxyl groups excluding tert-OH is 1. The zero-order chi connectivity index (χ0) is 17.6. The molecule has 25 heavy (non-hydrogen) atoms. The van der Waals surface area contributed by atoms with Crippen LogP contribution in [0.15, 0.2) is 34.2 Å². The molecule has 1 aliphatic heterocycles. The van der Waals surface area contributed by atoms with Crippen molar-refractivity contribution in [3.05, 3.63) is 34.6 Å². The van der Waals surface area contributed by atoms with Gasteiger partial charge in [-0.25, -0.2) is 4.98 Å². The van der Waals surface area contributed by atoms with E-state index in [1.807, 2.05) is 31.2 Å². The summed E-state index contributed by atoms with van der Waals surface area (Å²) in [6.45, 7) is 6.47. The number of hydrogen-bond donors (Lipinski definition) is 1. The minimum Gasteiger partial charge on any atom is -0.391 e. The number of β-amino-alcohol motifs (C(OH)–C–C–N with tert-alkyl or cyclic N) is 1. The van der Waals surface area contributed by atoms with Crippen LogP contribution in [-0.2, 0) is 11.3 Å². The number of thioether (sulfide) groups is 1. The maximum absolute atomic E-state index is 12.7. The number of morpholine rings is 1. The molecule has 3 rings (SSSR count). The largest absolute Gasteiger partial charge is 0.391 e. The van der Waals surface area contributed by atoms with E-state index in [0.29, 0.717) is 34.9 Å². The van der Waals surface area contributed by atoms with Crippen molar-refractivity contribution < 1.29 is 9.84 Å². The highest BCUT2D eigenvalue weighted by Gasteiger charge is 2.17. The van der Waals surface area contributed by atoms with E-state index in [-0.39, 0.29) is 5.56 Å². The molecule has 1 atom stereocenters. The van der Waals surface area contributed by atoms with Gasteiger partial charge >= 0.3 is 0 Å². The summed E-state index contributed by atoms with van der Waals surface area (Å²) in [6.07, 6.45) is 0.408. The molecule has 1 aromatic carbocycles. The van der Waals surface area contributed by atoms with Gasteiger partial charge in [-0.05, 0) is 18.6 Å². The van der Waals surface area contributed by atoms with Crippen molar-refractivity contribution in [3.8, 4) is 0 Å². The van der Waals surface area contributed by atoms with E-state index in [1.165, 1.54) is 11.8 Å². The van der Waals surface area contributed by atoms with Crippen LogP contribution < -0.4 is 5.56 Å². The molecule has 0 spiro atoms. The molecule has 0 unspecified atom stereocenters. The molecule has 0 bridgehead atoms. The van der Waals surface area contributed by atoms with Gasteiger partial charge < -0.3 is 9.84 Å². The number of para-hydroxylation sites is 1. The lowest BCUT2D eigenvalue weighted by atomic mass is 10.2. The van der Waals surface area contributed by atoms with E-state index in [1.54, 1.807) is 4.57 Å². The molecule has 6 nitrogen and oxygen atoms in total. The first-order chi connectivity index (χ1) is 12.2. The molecule has 0 radical (unpaired) electrons. The van der Waals surface area contributed by atoms with Crippen molar-refractivity contribution in [3.63, 3.8) is 0 Å². The van der Waals surface area contributed by atoms with E-state index < -0.39 is 6.10 Å². The van der Waals surface area contributed by atoms with Crippen LogP contribution in [0.25, 0.3) is 10.9 Å². The van der Waals surface area contributed by atoms with Crippen LogP contribution in [0.4, 0.5) is 0 Å². The number of aliphatic hydroxyl groups is 1. The first-order valence-electron chi connectivity index (χ1n) is 8.79. The second-order valence-corrected chi connectivity index (χ2v) is 7.23. The molecule has 2 aromatic rings. The van der Waals surface area contributed by atoms with Crippen molar-refractivity contribution in [2.75, 3.05) is 38.6 Å². The fraction of sp³-hybridized carbons (Fsp3) is 0.556. The Kier molecular flexibility index (Phi) is 6.47. The Hall–Kier alpha value is -1.41. The molecular weight excluding hydrogens is 338 g/mol. The van der Waals surface area contributed by atoms with Crippen molar-refractivity contribution >= 4 is 22.7 Å². The Morgan fingerprint density at radius 3 is 2.84 bits per heavy atom. The summed E-state index contributed by atoms with van der Waals surface area (Å²) in [4.78, 5) is 19.6. The van der Waals surface area contributed by atoms with Crippen LogP contribution in [0.5, 0.6) is 0 Å². The predicted molar refractivity (Wildman–Crippen MR) is 100 cm³/mol. The summed E-state index contributed by atoms with van der Waals surface area (Å²) in [5.41, 5.74) is 0.711. The third-order valence-corrected chi connectivity index (χ3v) is 5.37. The molecule has 0 amide bonds. The number of fused-ring (bicyclic) bond motifs is 1. The van der Waals surface area contributed by atoms with Gasteiger partial charge in [0.25, 0.3) is 5.56 Å². The molecule has 1 aromatic heterocycles. The normalized spacial score (nSPS) is 17.0. The summed E-state index contributed by atoms with van der Waals surface area (Å²) < 4.78 is 7.06. The second-order valence-electron chi connectivity index (χ2n) is 6.25. The van der Waals surface area contributed by atoms with E-state index in [2.05, 4.69) is 9.88 Å². The highest BCUT2D eigenvalue weighted by Crippen LogP contribution is 2.19. The van der Waals surface area contributed by atoms with Gasteiger partial charge in [-0.2, -0.15) is 0 Å². The van der Waals surface area contributed by atoms with E-state index in [0.717, 1.165) is 32.7 Å². The molecule has 7 heteroatoms. The summed E-state index contributed by atoms with van der Waals surface area (Å²) in [5, 5.41) is 11.7. The Morgan fingerprint density at radius 1 is 1.32 bits per heavy atom. The molecule has 1 saturated heterocycles. The average Bonchev–Trinajstić information content (AvgIpc) is 2.63. The fourth-order valence-electron chi connectivity index (χ4n) is 2.98. The first kappa shape index (κ1) is 18.4. The number of ether oxygens (including phenoxy) is 1. The molecule has 0 saturated carbocycles. The van der Waals surface area contributed by atoms with Gasteiger partial charge in [-0.15, -0.1) is 0 Å². The number of rotatable bonds is 7. The van der Waals surface area contributed by atoms with E-state index in [4.69, 9.17) is 4.74 Å². The van der Waals surface area contributed by atoms with Crippen LogP contribution in [0.2, 0.25) is 0 Å². The van der Waals surface area contributed by atoms with Gasteiger partial charge in [-0.1, -0.05) is 30.8 Å². The van der Waals surface area contributed by atoms with Gasteiger partial charge in [0, 0.05) is 31.9 Å². The Labute approximate surface area is 151 Å². The minimum atomic E-state index is -0.457. The van der Waals surface area contributed by atoms with Crippen molar-refractivity contribution in [1.82, 2.24) is 14.5 Å². The number of nitrogens with zero attached hydrogens (tertiary/aromatic N) is 3. The van der Waals surface area contributed by atoms with E-state index in [9.17, 15) is 9.90 Å². The average molecular weight is 363 g/mol. The van der Waals surface area contributed by atoms with Crippen LogP contribution in [0.3, 0.4) is 0 Å². The van der Waals surface area contributed by atoms with Crippen LogP contribution >= 0.6 is 11.8 Å². The maximum atomic E-state index is 12.7. The smallest absolute Gasteiger partial charge is 0.262 e. The molecule has 0 aliphatic carbocycles. The van der Waals surface area contributed by atoms with Gasteiger partial charge in [0.1, 0.15) is 0 Å². The molecule has 1 fully saturated rings. The van der Waals surface area contributed by atoms with Crippen LogP contribution in [0.1, 0.15) is 13.3 Å². The summed E-state index contributed by atoms with van der Waals surface area (Å²) in [7, 11) is 0. The number of benzene rings is 1. The van der Waals surface area contributed by atoms with Gasteiger partial charge in [0.05, 0.1) is 30.2 Å². The van der Waals surface area contributed by atoms with Crippen molar-refractivity contribution in [2.45, 2.75) is 31.1 Å². The van der Waals surface area contributed by atoms with Gasteiger partial charge in [-0.3, -0.25) is 14.3 Å². The standard InChI is InChI=1S/C18H25N3O3S/c1-2-7-21-17(23)15-5-3-4-6-16(15)19-18(21)25-13-14(22)12-20-8-10-24-11-9-20/h3-6,14,22H,2,7-13H2,1H3/t14-/m0/s1. The molecule has 1 aliphatic rings. The number of hydrogen-bond acceptors (Lipinski definition) is 6. The Bertz CT molecular complexity index is 759. The maximum Gasteiger partial charge on any atom is 0.262 e. The highest BCUT2D eigenvalue weighted by atomic mass is 32.2. The van der Waals surface area contributed by atoms with Crippen molar-refractivity contribution in [2.24, 2.45) is 0 Å². The van der Waals surface area contributed by atoms with E-state index >= 15 is 0 Å². The summed E-state index contributed by atoms with van der Waals surface area (Å²) in [6, 6.07) is 7.43. The quantitative estimate of drug-likeness (QED) is 0.595. The lowest BCUT2D eigenvalue weighted by Gasteiger charge is -2.28. The zero-order valence-electron chi connectivity index (χ0n) is 14.6. The lowest BCUT2D eigenvalue weighted by molar-refractivity contribution is 0.0188. The zero-order valence-corrected chi connectivity index (χ0v) is 15.4. The third-order valence-electron chi connectivity index (χ3n) is 4.25. The highest BCUT2D eigenvalue weighted by molar-refractivity contribution is 7.99. The van der Waals surface area contributed by atoms with Crippen LogP contribution in [0, 0.1) is 0 Å². The topological polar surface area (TPSA) is 67.6 Å².